The number of nitrogens with one attached hydrogen (secondary N) is 2. The quantitative estimate of drug-likeness (QED) is 0.790. The molecule has 0 aromatic rings. The van der Waals surface area contributed by atoms with Crippen molar-refractivity contribution in [1.82, 2.24) is 10.6 Å². The van der Waals surface area contributed by atoms with Crippen molar-refractivity contribution < 1.29 is 22.2 Å². The number of carbonyl (C=O) groups is 1. The molecule has 1 amide bonds. The first-order valence-corrected chi connectivity index (χ1v) is 7.80. The van der Waals surface area contributed by atoms with Gasteiger partial charge in [0, 0.05) is 35.4 Å². The van der Waals surface area contributed by atoms with Crippen LogP contribution in [-0.2, 0) is 15.6 Å². The molecule has 3 atom stereocenters. The van der Waals surface area contributed by atoms with E-state index in [1.165, 1.54) is 6.26 Å². The van der Waals surface area contributed by atoms with Crippen LogP contribution in [0.5, 0.6) is 0 Å². The Morgan fingerprint density at radius 3 is 2.58 bits per heavy atom. The molecule has 1 rings (SSSR count). The third kappa shape index (κ3) is 3.92. The first-order chi connectivity index (χ1) is 8.69. The smallest absolute Gasteiger partial charge is 0.353 e. The van der Waals surface area contributed by atoms with Gasteiger partial charge in [0.25, 0.3) is 0 Å². The zero-order chi connectivity index (χ0) is 14.7. The Hall–Kier alpha value is -0.630. The Kier molecular flexibility index (Phi) is 5.37. The Morgan fingerprint density at radius 2 is 2.16 bits per heavy atom. The molecule has 0 bridgehead atoms. The monoisotopic (exact) mass is 300 g/mol. The topological polar surface area (TPSA) is 58.2 Å². The SMILES string of the molecule is CC(CCS(C)=O)NC(=O)C1(C(F)(F)F)CCNC1. The molecule has 0 saturated carbocycles. The normalized spacial score (nSPS) is 27.0. The largest absolute Gasteiger partial charge is 0.404 e. The molecule has 0 aromatic carbocycles. The molecular weight excluding hydrogens is 281 g/mol. The third-order valence-corrected chi connectivity index (χ3v) is 4.16. The van der Waals surface area contributed by atoms with E-state index in [4.69, 9.17) is 0 Å². The van der Waals surface area contributed by atoms with Crippen molar-refractivity contribution >= 4 is 16.7 Å². The average molecular weight is 300 g/mol. The summed E-state index contributed by atoms with van der Waals surface area (Å²) in [4.78, 5) is 11.9. The molecule has 0 aliphatic carbocycles. The van der Waals surface area contributed by atoms with Gasteiger partial charge < -0.3 is 10.6 Å². The van der Waals surface area contributed by atoms with E-state index in [0.717, 1.165) is 0 Å². The summed E-state index contributed by atoms with van der Waals surface area (Å²) >= 11 is 0. The van der Waals surface area contributed by atoms with Crippen molar-refractivity contribution in [3.05, 3.63) is 0 Å². The maximum atomic E-state index is 13.1. The summed E-state index contributed by atoms with van der Waals surface area (Å²) < 4.78 is 50.2. The van der Waals surface area contributed by atoms with Gasteiger partial charge in [-0.25, -0.2) is 0 Å². The molecule has 3 unspecified atom stereocenters. The standard InChI is InChI=1S/C11H19F3N2O2S/c1-8(3-6-19(2)18)16-9(17)10(11(12,13)14)4-5-15-7-10/h8,15H,3-7H2,1-2H3,(H,16,17). The zero-order valence-electron chi connectivity index (χ0n) is 11.0. The number of hydrogen-bond donors (Lipinski definition) is 2. The molecule has 8 heteroatoms. The van der Waals surface area contributed by atoms with Crippen LogP contribution in [0.1, 0.15) is 19.8 Å². The number of carbonyl (C=O) groups excluding carboxylic acids is 1. The number of alkyl halides is 3. The summed E-state index contributed by atoms with van der Waals surface area (Å²) in [6.07, 6.45) is -2.88. The fourth-order valence-electron chi connectivity index (χ4n) is 2.03. The molecule has 0 spiro atoms. The molecule has 1 fully saturated rings. The summed E-state index contributed by atoms with van der Waals surface area (Å²) in [5, 5.41) is 4.99. The van der Waals surface area contributed by atoms with Gasteiger partial charge in [-0.05, 0) is 26.3 Å². The van der Waals surface area contributed by atoms with Gasteiger partial charge in [0.15, 0.2) is 5.41 Å². The van der Waals surface area contributed by atoms with Crippen molar-refractivity contribution in [2.45, 2.75) is 32.0 Å². The lowest BCUT2D eigenvalue weighted by Crippen LogP contribution is -2.54. The maximum Gasteiger partial charge on any atom is 0.404 e. The number of hydrogen-bond acceptors (Lipinski definition) is 3. The first kappa shape index (κ1) is 16.4. The van der Waals surface area contributed by atoms with E-state index in [1.54, 1.807) is 6.92 Å². The van der Waals surface area contributed by atoms with Crippen LogP contribution in [0.4, 0.5) is 13.2 Å². The molecule has 112 valence electrons. The van der Waals surface area contributed by atoms with Gasteiger partial charge in [0.1, 0.15) is 0 Å². The molecule has 1 heterocycles. The molecule has 2 N–H and O–H groups in total. The van der Waals surface area contributed by atoms with E-state index in [2.05, 4.69) is 10.6 Å². The summed E-state index contributed by atoms with van der Waals surface area (Å²) in [6.45, 7) is 1.42. The summed E-state index contributed by atoms with van der Waals surface area (Å²) in [5.74, 6) is -0.627. The van der Waals surface area contributed by atoms with E-state index in [1.807, 2.05) is 0 Å². The minimum Gasteiger partial charge on any atom is -0.353 e. The van der Waals surface area contributed by atoms with E-state index in [-0.39, 0.29) is 19.5 Å². The summed E-state index contributed by atoms with van der Waals surface area (Å²) in [5.41, 5.74) is -2.33. The van der Waals surface area contributed by atoms with Crippen molar-refractivity contribution in [3.8, 4) is 0 Å². The summed E-state index contributed by atoms with van der Waals surface area (Å²) in [6, 6.07) is -0.420. The lowest BCUT2D eigenvalue weighted by atomic mass is 9.85. The Balaban J connectivity index is 2.66. The van der Waals surface area contributed by atoms with Crippen molar-refractivity contribution in [1.29, 1.82) is 0 Å². The van der Waals surface area contributed by atoms with Crippen molar-refractivity contribution in [2.24, 2.45) is 5.41 Å². The van der Waals surface area contributed by atoms with Gasteiger partial charge >= 0.3 is 6.18 Å². The lowest BCUT2D eigenvalue weighted by molar-refractivity contribution is -0.216. The van der Waals surface area contributed by atoms with Crippen LogP contribution in [0.15, 0.2) is 0 Å². The molecule has 19 heavy (non-hydrogen) atoms. The van der Waals surface area contributed by atoms with Crippen LogP contribution in [0.25, 0.3) is 0 Å². The van der Waals surface area contributed by atoms with Gasteiger partial charge in [-0.15, -0.1) is 0 Å². The van der Waals surface area contributed by atoms with Crippen LogP contribution < -0.4 is 10.6 Å². The minimum atomic E-state index is -4.56. The highest BCUT2D eigenvalue weighted by Gasteiger charge is 2.61. The first-order valence-electron chi connectivity index (χ1n) is 6.07. The Bertz CT molecular complexity index is 354. The molecular formula is C11H19F3N2O2S. The second-order valence-electron chi connectivity index (χ2n) is 4.95. The van der Waals surface area contributed by atoms with Gasteiger partial charge in [-0.1, -0.05) is 0 Å². The Labute approximate surface area is 113 Å². The molecule has 1 aliphatic rings. The van der Waals surface area contributed by atoms with Gasteiger partial charge in [-0.3, -0.25) is 9.00 Å². The fourth-order valence-corrected chi connectivity index (χ4v) is 2.72. The van der Waals surface area contributed by atoms with Crippen LogP contribution in [-0.4, -0.2) is 47.4 Å². The highest BCUT2D eigenvalue weighted by molar-refractivity contribution is 7.84. The van der Waals surface area contributed by atoms with E-state index in [0.29, 0.717) is 12.2 Å². The Morgan fingerprint density at radius 1 is 1.53 bits per heavy atom. The minimum absolute atomic E-state index is 0.181. The van der Waals surface area contributed by atoms with Gasteiger partial charge in [0.2, 0.25) is 5.91 Å². The number of amides is 1. The predicted octanol–water partition coefficient (Wildman–Crippen LogP) is 0.802. The van der Waals surface area contributed by atoms with Crippen LogP contribution in [0, 0.1) is 5.41 Å². The zero-order valence-corrected chi connectivity index (χ0v) is 11.8. The van der Waals surface area contributed by atoms with Crippen LogP contribution in [0.3, 0.4) is 0 Å². The molecule has 0 aromatic heterocycles. The van der Waals surface area contributed by atoms with Gasteiger partial charge in [-0.2, -0.15) is 13.2 Å². The maximum absolute atomic E-state index is 13.1. The second kappa shape index (κ2) is 6.21. The second-order valence-corrected chi connectivity index (χ2v) is 6.50. The van der Waals surface area contributed by atoms with Gasteiger partial charge in [0.05, 0.1) is 0 Å². The molecule has 4 nitrogen and oxygen atoms in total. The van der Waals surface area contributed by atoms with Crippen LogP contribution >= 0.6 is 0 Å². The van der Waals surface area contributed by atoms with E-state index < -0.39 is 34.3 Å². The van der Waals surface area contributed by atoms with E-state index >= 15 is 0 Å². The number of rotatable bonds is 5. The molecule has 1 aliphatic heterocycles. The fraction of sp³-hybridized carbons (Fsp3) is 0.909. The van der Waals surface area contributed by atoms with E-state index in [9.17, 15) is 22.2 Å². The lowest BCUT2D eigenvalue weighted by Gasteiger charge is -2.30. The number of halogens is 3. The molecule has 0 radical (unpaired) electrons. The highest BCUT2D eigenvalue weighted by atomic mass is 32.2. The summed E-state index contributed by atoms with van der Waals surface area (Å²) in [7, 11) is -1.02. The predicted molar refractivity (Wildman–Crippen MR) is 67.1 cm³/mol. The third-order valence-electron chi connectivity index (χ3n) is 3.35. The van der Waals surface area contributed by atoms with Crippen molar-refractivity contribution in [3.63, 3.8) is 0 Å². The van der Waals surface area contributed by atoms with Crippen LogP contribution in [0.2, 0.25) is 0 Å². The molecule has 1 saturated heterocycles. The van der Waals surface area contributed by atoms with Crippen molar-refractivity contribution in [2.75, 3.05) is 25.1 Å². The highest BCUT2D eigenvalue weighted by Crippen LogP contribution is 2.43. The average Bonchev–Trinajstić information content (AvgIpc) is 2.75.